The highest BCUT2D eigenvalue weighted by Crippen LogP contribution is 2.31. The number of aromatic amines is 1. The third-order valence-electron chi connectivity index (χ3n) is 3.63. The summed E-state index contributed by atoms with van der Waals surface area (Å²) in [5.41, 5.74) is 1.45. The van der Waals surface area contributed by atoms with Gasteiger partial charge in [-0.25, -0.2) is 8.42 Å². The van der Waals surface area contributed by atoms with Crippen molar-refractivity contribution in [2.24, 2.45) is 0 Å². The number of rotatable bonds is 7. The van der Waals surface area contributed by atoms with Crippen LogP contribution in [-0.4, -0.2) is 26.6 Å². The first-order valence-electron chi connectivity index (χ1n) is 8.03. The summed E-state index contributed by atoms with van der Waals surface area (Å²) in [7, 11) is -3.73. The van der Waals surface area contributed by atoms with E-state index in [1.807, 2.05) is 32.2 Å². The van der Waals surface area contributed by atoms with Crippen molar-refractivity contribution in [1.82, 2.24) is 4.98 Å². The second-order valence-corrected chi connectivity index (χ2v) is 7.04. The second-order valence-electron chi connectivity index (χ2n) is 5.36. The normalized spacial score (nSPS) is 11.4. The Morgan fingerprint density at radius 3 is 2.48 bits per heavy atom. The lowest BCUT2D eigenvalue weighted by Crippen LogP contribution is -2.13. The molecule has 0 aliphatic rings. The van der Waals surface area contributed by atoms with Crippen molar-refractivity contribution in [2.75, 3.05) is 17.9 Å². The van der Waals surface area contributed by atoms with Crippen LogP contribution >= 0.6 is 0 Å². The Morgan fingerprint density at radius 1 is 0.960 bits per heavy atom. The van der Waals surface area contributed by atoms with Gasteiger partial charge in [0.2, 0.25) is 0 Å². The Morgan fingerprint density at radius 2 is 1.72 bits per heavy atom. The monoisotopic (exact) mass is 360 g/mol. The molecule has 7 heteroatoms. The summed E-state index contributed by atoms with van der Waals surface area (Å²) in [5.74, 6) is 0.936. The lowest BCUT2D eigenvalue weighted by atomic mass is 10.2. The average molecular weight is 360 g/mol. The third-order valence-corrected chi connectivity index (χ3v) is 5.01. The molecule has 6 nitrogen and oxygen atoms in total. The van der Waals surface area contributed by atoms with Gasteiger partial charge in [0, 0.05) is 28.9 Å². The number of hydrogen-bond acceptors (Lipinski definition) is 4. The minimum atomic E-state index is -3.73. The number of fused-ring (bicyclic) bond motifs is 1. The van der Waals surface area contributed by atoms with E-state index in [1.54, 1.807) is 18.2 Å². The highest BCUT2D eigenvalue weighted by atomic mass is 32.2. The first kappa shape index (κ1) is 17.2. The molecule has 132 valence electrons. The van der Waals surface area contributed by atoms with Crippen LogP contribution in [0, 0.1) is 0 Å². The Kier molecular flexibility index (Phi) is 4.85. The maximum Gasteiger partial charge on any atom is 0.262 e. The van der Waals surface area contributed by atoms with Crippen LogP contribution in [0.5, 0.6) is 11.5 Å². The minimum Gasteiger partial charge on any atom is -0.490 e. The highest BCUT2D eigenvalue weighted by molar-refractivity contribution is 7.92. The lowest BCUT2D eigenvalue weighted by molar-refractivity contribution is 0.287. The van der Waals surface area contributed by atoms with E-state index in [-0.39, 0.29) is 4.90 Å². The summed E-state index contributed by atoms with van der Waals surface area (Å²) in [6.45, 7) is 4.59. The number of H-pyrrole nitrogens is 1. The summed E-state index contributed by atoms with van der Waals surface area (Å²) in [4.78, 5) is 3.19. The molecule has 0 saturated heterocycles. The molecule has 0 bridgehead atoms. The first-order valence-corrected chi connectivity index (χ1v) is 9.51. The zero-order valence-corrected chi connectivity index (χ0v) is 14.9. The summed E-state index contributed by atoms with van der Waals surface area (Å²) >= 11 is 0. The SMILES string of the molecule is CCOc1ccc(S(=O)(=O)Nc2ccc3[nH]ccc3c2)cc1OCC. The predicted molar refractivity (Wildman–Crippen MR) is 97.9 cm³/mol. The summed E-state index contributed by atoms with van der Waals surface area (Å²) in [6.07, 6.45) is 1.81. The Hall–Kier alpha value is -2.67. The van der Waals surface area contributed by atoms with Crippen LogP contribution in [0.15, 0.2) is 53.6 Å². The topological polar surface area (TPSA) is 80.4 Å². The molecule has 2 N–H and O–H groups in total. The minimum absolute atomic E-state index is 0.119. The van der Waals surface area contributed by atoms with E-state index >= 15 is 0 Å². The van der Waals surface area contributed by atoms with Gasteiger partial charge >= 0.3 is 0 Å². The Labute approximate surface area is 146 Å². The summed E-state index contributed by atoms with van der Waals surface area (Å²) < 4.78 is 38.9. The van der Waals surface area contributed by atoms with Crippen molar-refractivity contribution in [1.29, 1.82) is 0 Å². The zero-order chi connectivity index (χ0) is 17.9. The molecule has 3 rings (SSSR count). The Bertz CT molecular complexity index is 980. The molecule has 0 spiro atoms. The van der Waals surface area contributed by atoms with Crippen LogP contribution in [0.25, 0.3) is 10.9 Å². The molecule has 0 radical (unpaired) electrons. The molecule has 0 fully saturated rings. The number of aromatic nitrogens is 1. The van der Waals surface area contributed by atoms with Gasteiger partial charge < -0.3 is 14.5 Å². The van der Waals surface area contributed by atoms with Crippen LogP contribution in [0.3, 0.4) is 0 Å². The van der Waals surface area contributed by atoms with Gasteiger partial charge in [-0.1, -0.05) is 0 Å². The quantitative estimate of drug-likeness (QED) is 0.672. The molecule has 0 unspecified atom stereocenters. The molecule has 1 heterocycles. The lowest BCUT2D eigenvalue weighted by Gasteiger charge is -2.13. The van der Waals surface area contributed by atoms with E-state index in [4.69, 9.17) is 9.47 Å². The van der Waals surface area contributed by atoms with Gasteiger partial charge in [-0.15, -0.1) is 0 Å². The van der Waals surface area contributed by atoms with Crippen LogP contribution in [0.1, 0.15) is 13.8 Å². The van der Waals surface area contributed by atoms with Gasteiger partial charge in [-0.2, -0.15) is 0 Å². The van der Waals surface area contributed by atoms with E-state index < -0.39 is 10.0 Å². The van der Waals surface area contributed by atoms with E-state index in [0.29, 0.717) is 30.4 Å². The van der Waals surface area contributed by atoms with Gasteiger partial charge in [-0.05, 0) is 50.2 Å². The van der Waals surface area contributed by atoms with Gasteiger partial charge in [0.25, 0.3) is 10.0 Å². The van der Waals surface area contributed by atoms with E-state index in [0.717, 1.165) is 10.9 Å². The third kappa shape index (κ3) is 3.71. The largest absolute Gasteiger partial charge is 0.490 e. The molecule has 0 amide bonds. The van der Waals surface area contributed by atoms with Crippen molar-refractivity contribution >= 4 is 26.6 Å². The fourth-order valence-electron chi connectivity index (χ4n) is 2.53. The highest BCUT2D eigenvalue weighted by Gasteiger charge is 2.18. The molecule has 0 aliphatic heterocycles. The molecule has 3 aromatic rings. The molecular formula is C18H20N2O4S. The molecule has 0 atom stereocenters. The van der Waals surface area contributed by atoms with Crippen molar-refractivity contribution in [2.45, 2.75) is 18.7 Å². The fourth-order valence-corrected chi connectivity index (χ4v) is 3.59. The summed E-state index contributed by atoms with van der Waals surface area (Å²) in [5, 5.41) is 0.932. The maximum absolute atomic E-state index is 12.7. The van der Waals surface area contributed by atoms with Crippen LogP contribution in [0.4, 0.5) is 5.69 Å². The number of sulfonamides is 1. The molecule has 0 aliphatic carbocycles. The van der Waals surface area contributed by atoms with Crippen LogP contribution < -0.4 is 14.2 Å². The molecule has 2 aromatic carbocycles. The number of hydrogen-bond donors (Lipinski definition) is 2. The first-order chi connectivity index (χ1) is 12.0. The number of nitrogens with one attached hydrogen (secondary N) is 2. The second kappa shape index (κ2) is 7.06. The van der Waals surface area contributed by atoms with Gasteiger partial charge in [-0.3, -0.25) is 4.72 Å². The van der Waals surface area contributed by atoms with Crippen LogP contribution in [-0.2, 0) is 10.0 Å². The number of anilines is 1. The van der Waals surface area contributed by atoms with Crippen molar-refractivity contribution in [3.63, 3.8) is 0 Å². The van der Waals surface area contributed by atoms with Crippen molar-refractivity contribution in [3.05, 3.63) is 48.7 Å². The fraction of sp³-hybridized carbons (Fsp3) is 0.222. The van der Waals surface area contributed by atoms with Gasteiger partial charge in [0.1, 0.15) is 0 Å². The molecule has 25 heavy (non-hydrogen) atoms. The predicted octanol–water partition coefficient (Wildman–Crippen LogP) is 3.77. The van der Waals surface area contributed by atoms with Crippen molar-refractivity contribution in [3.8, 4) is 11.5 Å². The number of benzene rings is 2. The smallest absolute Gasteiger partial charge is 0.262 e. The summed E-state index contributed by atoms with van der Waals surface area (Å²) in [6, 6.07) is 11.8. The van der Waals surface area contributed by atoms with Gasteiger partial charge in [0.15, 0.2) is 11.5 Å². The molecular weight excluding hydrogens is 340 g/mol. The molecule has 1 aromatic heterocycles. The van der Waals surface area contributed by atoms with Crippen LogP contribution in [0.2, 0.25) is 0 Å². The number of ether oxygens (including phenoxy) is 2. The Balaban J connectivity index is 1.91. The van der Waals surface area contributed by atoms with E-state index in [2.05, 4.69) is 9.71 Å². The standard InChI is InChI=1S/C18H20N2O4S/c1-3-23-17-8-6-15(12-18(17)24-4-2)25(21,22)20-14-5-7-16-13(11-14)9-10-19-16/h5-12,19-20H,3-4H2,1-2H3. The van der Waals surface area contributed by atoms with E-state index in [9.17, 15) is 8.42 Å². The van der Waals surface area contributed by atoms with Gasteiger partial charge in [0.05, 0.1) is 18.1 Å². The molecule has 0 saturated carbocycles. The maximum atomic E-state index is 12.7. The zero-order valence-electron chi connectivity index (χ0n) is 14.1. The van der Waals surface area contributed by atoms with E-state index in [1.165, 1.54) is 12.1 Å². The van der Waals surface area contributed by atoms with Crippen molar-refractivity contribution < 1.29 is 17.9 Å². The average Bonchev–Trinajstić information content (AvgIpc) is 3.04.